The van der Waals surface area contributed by atoms with Gasteiger partial charge in [0.2, 0.25) is 18.6 Å². The number of fused-ring (bicyclic) bond motifs is 6. The fourth-order valence-corrected chi connectivity index (χ4v) is 11.4. The van der Waals surface area contributed by atoms with Crippen molar-refractivity contribution < 1.29 is 73.2 Å². The molecule has 3 aliphatic carbocycles. The molecule has 22 heteroatoms. The summed E-state index contributed by atoms with van der Waals surface area (Å²) in [6, 6.07) is 8.35. The first-order valence-corrected chi connectivity index (χ1v) is 24.0. The third-order valence-electron chi connectivity index (χ3n) is 15.4. The molecule has 2 bridgehead atoms. The molecule has 0 spiro atoms. The molecule has 2 aromatic carbocycles. The van der Waals surface area contributed by atoms with Crippen LogP contribution in [0.3, 0.4) is 0 Å². The van der Waals surface area contributed by atoms with Crippen molar-refractivity contribution in [1.82, 2.24) is 20.2 Å². The average molecular weight is 997 g/mol. The van der Waals surface area contributed by atoms with Crippen LogP contribution in [-0.4, -0.2) is 120 Å². The van der Waals surface area contributed by atoms with Crippen LogP contribution in [0.4, 0.5) is 10.5 Å². The van der Waals surface area contributed by atoms with Gasteiger partial charge in [-0.15, -0.1) is 0 Å². The molecule has 4 aromatic rings. The summed E-state index contributed by atoms with van der Waals surface area (Å²) in [4.78, 5) is 83.3. The van der Waals surface area contributed by atoms with Crippen molar-refractivity contribution in [3.05, 3.63) is 80.1 Å². The van der Waals surface area contributed by atoms with Crippen molar-refractivity contribution in [2.45, 2.75) is 145 Å². The van der Waals surface area contributed by atoms with Gasteiger partial charge in [0.05, 0.1) is 41.2 Å². The molecular formula is C50H56N6O16. The Balaban J connectivity index is 0.873. The number of nitrogens with two attached hydrogens (primary N) is 1. The van der Waals surface area contributed by atoms with Crippen LogP contribution >= 0.6 is 0 Å². The summed E-state index contributed by atoms with van der Waals surface area (Å²) in [5.74, 6) is -2.51. The molecule has 72 heavy (non-hydrogen) atoms. The molecule has 4 fully saturated rings. The molecule has 11 rings (SSSR count). The molecule has 0 radical (unpaired) electrons. The van der Waals surface area contributed by atoms with Gasteiger partial charge in [-0.05, 0) is 92.3 Å². The van der Waals surface area contributed by atoms with E-state index in [-0.39, 0.29) is 62.9 Å². The van der Waals surface area contributed by atoms with Crippen LogP contribution < -0.4 is 36.7 Å². The summed E-state index contributed by atoms with van der Waals surface area (Å²) in [6.07, 6.45) is -7.46. The fourth-order valence-electron chi connectivity index (χ4n) is 11.4. The van der Waals surface area contributed by atoms with Crippen LogP contribution in [0, 0.1) is 5.92 Å². The van der Waals surface area contributed by atoms with Gasteiger partial charge in [-0.2, -0.15) is 0 Å². The van der Waals surface area contributed by atoms with Gasteiger partial charge < -0.3 is 75.5 Å². The summed E-state index contributed by atoms with van der Waals surface area (Å²) in [5, 5.41) is 61.7. The molecule has 8 atom stereocenters. The maximum absolute atomic E-state index is 14.1. The number of cyclic esters (lactones) is 1. The highest BCUT2D eigenvalue weighted by Crippen LogP contribution is 2.70. The number of aliphatic hydroxyl groups excluding tert-OH is 3. The Hall–Kier alpha value is -6.69. The van der Waals surface area contributed by atoms with E-state index in [1.165, 1.54) is 6.92 Å². The monoisotopic (exact) mass is 996 g/mol. The molecule has 0 unspecified atom stereocenters. The van der Waals surface area contributed by atoms with Gasteiger partial charge in [0.15, 0.2) is 23.2 Å². The van der Waals surface area contributed by atoms with E-state index in [0.717, 1.165) is 16.5 Å². The van der Waals surface area contributed by atoms with Crippen molar-refractivity contribution >= 4 is 46.4 Å². The Morgan fingerprint density at radius 3 is 2.35 bits per heavy atom. The molecule has 2 aromatic heterocycles. The maximum Gasteiger partial charge on any atom is 0.407 e. The Kier molecular flexibility index (Phi) is 12.1. The molecule has 1 saturated heterocycles. The standard InChI is InChI=1S/C50H56N6O16/c1-5-50(67)29-12-31-37-27(14-56(31)44(62)28(29)16-68-46(50)65)35(26-11-33-34(71-20-70-33)13-30(26)54-37)48-17-49(18-48,19-48)55-47(66)69-15-24-6-8-25(53-42(60)22(4)52-43(61)36(51)21(2)3)10-23(24)7-9-32-38(57)39(58)40(59)41(72-32)45(63)64/h6,8,10-13,21-22,32,36,38-41,57-59,67H,5,7,9,14-20,51H2,1-4H3,(H,52,61)(H,53,60)(H,55,66)(H,63,64)/t22-,32-,36-,38-,39+,40-,41-,48?,49?,50-/m0/s1. The first-order chi connectivity index (χ1) is 34.2. The van der Waals surface area contributed by atoms with E-state index in [0.29, 0.717) is 64.5 Å². The van der Waals surface area contributed by atoms with Crippen molar-refractivity contribution in [2.75, 3.05) is 12.1 Å². The number of aryl methyl sites for hydroxylation is 1. The average Bonchev–Trinajstić information content (AvgIpc) is 3.94. The number of nitrogens with one attached hydrogen (secondary N) is 3. The van der Waals surface area contributed by atoms with Gasteiger partial charge in [0.25, 0.3) is 5.56 Å². The van der Waals surface area contributed by atoms with E-state index in [1.54, 1.807) is 55.7 Å². The predicted molar refractivity (Wildman–Crippen MR) is 250 cm³/mol. The number of nitrogens with zero attached hydrogens (tertiary/aromatic N) is 2. The highest BCUT2D eigenvalue weighted by atomic mass is 16.7. The van der Waals surface area contributed by atoms with E-state index in [9.17, 15) is 54.3 Å². The number of carbonyl (C=O) groups excluding carboxylic acids is 4. The van der Waals surface area contributed by atoms with E-state index < -0.39 is 94.6 Å². The quantitative estimate of drug-likeness (QED) is 0.0706. The smallest absolute Gasteiger partial charge is 0.407 e. The van der Waals surface area contributed by atoms with Gasteiger partial charge in [-0.1, -0.05) is 26.8 Å². The van der Waals surface area contributed by atoms with Crippen LogP contribution in [0.15, 0.2) is 41.2 Å². The second-order valence-corrected chi connectivity index (χ2v) is 20.3. The SMILES string of the molecule is CC[C@@]1(O)C(=O)OCc2c1cc1n(c2=O)Cc2c-1nc1cc3c(cc1c2C12CC(NC(=O)OCc4ccc(NC(=O)[C@H](C)NC(=O)[C@@H](N)C(C)C)cc4CC[C@@H]4O[C@H](C(=O)O)[C@@H](O)[C@H](O)[C@H]4O)(C1)C2)OCO3. The molecule has 382 valence electrons. The van der Waals surface area contributed by atoms with E-state index in [1.807, 2.05) is 6.07 Å². The minimum atomic E-state index is -2.00. The second-order valence-electron chi connectivity index (χ2n) is 20.3. The molecular weight excluding hydrogens is 941 g/mol. The van der Waals surface area contributed by atoms with E-state index in [4.69, 9.17) is 34.4 Å². The number of anilines is 1. The lowest BCUT2D eigenvalue weighted by Gasteiger charge is -2.71. The Morgan fingerprint density at radius 2 is 1.65 bits per heavy atom. The maximum atomic E-state index is 14.1. The first kappa shape index (κ1) is 48.9. The van der Waals surface area contributed by atoms with Crippen LogP contribution in [-0.2, 0) is 70.6 Å². The van der Waals surface area contributed by atoms with E-state index in [2.05, 4.69) is 16.0 Å². The van der Waals surface area contributed by atoms with Crippen molar-refractivity contribution in [1.29, 1.82) is 0 Å². The number of pyridine rings is 2. The van der Waals surface area contributed by atoms with Crippen molar-refractivity contribution in [3.8, 4) is 22.9 Å². The minimum absolute atomic E-state index is 0.00446. The highest BCUT2D eigenvalue weighted by molar-refractivity contribution is 5.98. The van der Waals surface area contributed by atoms with Crippen LogP contribution in [0.5, 0.6) is 11.5 Å². The summed E-state index contributed by atoms with van der Waals surface area (Å²) in [7, 11) is 0. The number of aliphatic carboxylic acids is 1. The zero-order chi connectivity index (χ0) is 51.3. The van der Waals surface area contributed by atoms with Gasteiger partial charge >= 0.3 is 18.0 Å². The van der Waals surface area contributed by atoms with Crippen molar-refractivity contribution in [3.63, 3.8) is 0 Å². The zero-order valence-electron chi connectivity index (χ0n) is 39.9. The normalized spacial score (nSPS) is 28.1. The molecule has 4 aliphatic heterocycles. The third-order valence-corrected chi connectivity index (χ3v) is 15.4. The largest absolute Gasteiger partial charge is 0.479 e. The Bertz CT molecular complexity index is 3010. The number of aromatic nitrogens is 2. The summed E-state index contributed by atoms with van der Waals surface area (Å²) >= 11 is 0. The lowest BCUT2D eigenvalue weighted by molar-refractivity contribution is -0.228. The number of carboxylic acids is 1. The van der Waals surface area contributed by atoms with Crippen molar-refractivity contribution in [2.24, 2.45) is 11.7 Å². The summed E-state index contributed by atoms with van der Waals surface area (Å²) in [6.45, 7) is 6.39. The lowest BCUT2D eigenvalue weighted by Crippen LogP contribution is -2.77. The Labute approximate surface area is 410 Å². The molecule has 7 aliphatic rings. The molecule has 10 N–H and O–H groups in total. The van der Waals surface area contributed by atoms with Gasteiger partial charge in [0, 0.05) is 39.2 Å². The minimum Gasteiger partial charge on any atom is -0.479 e. The number of ether oxygens (including phenoxy) is 5. The van der Waals surface area contributed by atoms with Crippen LogP contribution in [0.25, 0.3) is 22.3 Å². The number of benzene rings is 2. The summed E-state index contributed by atoms with van der Waals surface area (Å²) in [5.41, 5.74) is 7.55. The number of esters is 1. The first-order valence-electron chi connectivity index (χ1n) is 24.0. The Morgan fingerprint density at radius 1 is 0.931 bits per heavy atom. The molecule has 22 nitrogen and oxygen atoms in total. The second kappa shape index (κ2) is 17.8. The number of alkyl carbamates (subject to hydrolysis) is 1. The molecule has 3 saturated carbocycles. The number of hydrogen-bond acceptors (Lipinski definition) is 17. The number of hydrogen-bond donors (Lipinski definition) is 9. The van der Waals surface area contributed by atoms with Gasteiger partial charge in [0.1, 0.15) is 37.6 Å². The summed E-state index contributed by atoms with van der Waals surface area (Å²) < 4.78 is 29.7. The third kappa shape index (κ3) is 8.00. The number of amides is 3. The van der Waals surface area contributed by atoms with Crippen LogP contribution in [0.2, 0.25) is 0 Å². The number of rotatable bonds is 14. The lowest BCUT2D eigenvalue weighted by atomic mass is 9.37. The van der Waals surface area contributed by atoms with Gasteiger partial charge in [-0.25, -0.2) is 19.4 Å². The molecule has 3 amide bonds. The number of aliphatic hydroxyl groups is 4. The van der Waals surface area contributed by atoms with E-state index >= 15 is 0 Å². The van der Waals surface area contributed by atoms with Crippen LogP contribution in [0.1, 0.15) is 93.2 Å². The molecule has 6 heterocycles. The van der Waals surface area contributed by atoms with Gasteiger partial charge in [-0.3, -0.25) is 14.4 Å². The fraction of sp³-hybridized carbons (Fsp3) is 0.500. The predicted octanol–water partition coefficient (Wildman–Crippen LogP) is 1.20. The number of carboxylic acid groups (broad SMARTS) is 1. The number of carbonyl (C=O) groups is 5. The highest BCUT2D eigenvalue weighted by Gasteiger charge is 2.70. The topological polar surface area (TPSA) is 330 Å². The zero-order valence-corrected chi connectivity index (χ0v) is 39.9.